The lowest BCUT2D eigenvalue weighted by Gasteiger charge is -2.22. The first-order valence-corrected chi connectivity index (χ1v) is 7.35. The lowest BCUT2D eigenvalue weighted by Crippen LogP contribution is -2.25. The first kappa shape index (κ1) is 12.2. The van der Waals surface area contributed by atoms with Crippen LogP contribution in [0.5, 0.6) is 0 Å². The minimum absolute atomic E-state index is 0.154. The third-order valence-corrected chi connectivity index (χ3v) is 4.12. The van der Waals surface area contributed by atoms with E-state index in [1.165, 1.54) is 43.0 Å². The van der Waals surface area contributed by atoms with Crippen LogP contribution < -0.4 is 5.32 Å². The Morgan fingerprint density at radius 3 is 2.78 bits per heavy atom. The number of imidazole rings is 1. The molecular weight excluding hydrogens is 222 g/mol. The zero-order valence-electron chi connectivity index (χ0n) is 11.9. The number of rotatable bonds is 3. The van der Waals surface area contributed by atoms with Gasteiger partial charge in [0.25, 0.3) is 0 Å². The molecule has 3 heteroatoms. The summed E-state index contributed by atoms with van der Waals surface area (Å²) in [6.45, 7) is 10.1. The molecule has 0 unspecified atom stereocenters. The first-order chi connectivity index (χ1) is 8.55. The minimum Gasteiger partial charge on any atom is -0.331 e. The molecule has 0 amide bonds. The van der Waals surface area contributed by atoms with E-state index >= 15 is 0 Å². The van der Waals surface area contributed by atoms with Crippen LogP contribution in [0.1, 0.15) is 57.2 Å². The summed E-state index contributed by atoms with van der Waals surface area (Å²) in [7, 11) is 0. The summed E-state index contributed by atoms with van der Waals surface area (Å²) in [4.78, 5) is 4.92. The molecule has 1 aromatic heterocycles. The molecule has 0 radical (unpaired) electrons. The van der Waals surface area contributed by atoms with Crippen molar-refractivity contribution in [1.29, 1.82) is 0 Å². The highest BCUT2D eigenvalue weighted by Crippen LogP contribution is 2.34. The number of fused-ring (bicyclic) bond motifs is 1. The van der Waals surface area contributed by atoms with Gasteiger partial charge in [-0.2, -0.15) is 0 Å². The number of hydrogen-bond donors (Lipinski definition) is 1. The average molecular weight is 247 g/mol. The summed E-state index contributed by atoms with van der Waals surface area (Å²) in [5.74, 6) is 2.29. The summed E-state index contributed by atoms with van der Waals surface area (Å²) < 4.78 is 2.54. The predicted octanol–water partition coefficient (Wildman–Crippen LogP) is 2.63. The normalized spacial score (nSPS) is 19.9. The van der Waals surface area contributed by atoms with E-state index in [9.17, 15) is 0 Å². The molecule has 3 rings (SSSR count). The maximum absolute atomic E-state index is 4.92. The van der Waals surface area contributed by atoms with Gasteiger partial charge >= 0.3 is 0 Å². The Bertz CT molecular complexity index is 435. The zero-order chi connectivity index (χ0) is 12.8. The van der Waals surface area contributed by atoms with E-state index in [-0.39, 0.29) is 5.41 Å². The molecule has 0 aromatic carbocycles. The molecule has 1 N–H and O–H groups in total. The Kier molecular flexibility index (Phi) is 2.97. The van der Waals surface area contributed by atoms with Gasteiger partial charge in [0, 0.05) is 37.2 Å². The molecule has 1 fully saturated rings. The predicted molar refractivity (Wildman–Crippen MR) is 73.7 cm³/mol. The molecular formula is C15H25N3. The van der Waals surface area contributed by atoms with Gasteiger partial charge in [0.2, 0.25) is 0 Å². The van der Waals surface area contributed by atoms with E-state index in [1.54, 1.807) is 0 Å². The van der Waals surface area contributed by atoms with Crippen molar-refractivity contribution in [2.24, 2.45) is 5.92 Å². The van der Waals surface area contributed by atoms with Crippen LogP contribution in [0.4, 0.5) is 0 Å². The van der Waals surface area contributed by atoms with Crippen LogP contribution in [0, 0.1) is 5.92 Å². The lowest BCUT2D eigenvalue weighted by molar-refractivity contribution is 0.471. The summed E-state index contributed by atoms with van der Waals surface area (Å²) in [6, 6.07) is 0. The van der Waals surface area contributed by atoms with E-state index in [0.717, 1.165) is 25.4 Å². The first-order valence-electron chi connectivity index (χ1n) is 7.35. The largest absolute Gasteiger partial charge is 0.331 e. The molecule has 0 bridgehead atoms. The second-order valence-electron chi connectivity index (χ2n) is 6.89. The van der Waals surface area contributed by atoms with Crippen molar-refractivity contribution in [1.82, 2.24) is 14.9 Å². The Balaban J connectivity index is 1.92. The van der Waals surface area contributed by atoms with Crippen LogP contribution in [0.2, 0.25) is 0 Å². The van der Waals surface area contributed by atoms with E-state index in [0.29, 0.717) is 0 Å². The highest BCUT2D eigenvalue weighted by molar-refractivity contribution is 5.23. The van der Waals surface area contributed by atoms with E-state index < -0.39 is 0 Å². The van der Waals surface area contributed by atoms with Crippen molar-refractivity contribution >= 4 is 0 Å². The van der Waals surface area contributed by atoms with Crippen molar-refractivity contribution in [2.75, 3.05) is 6.54 Å². The summed E-state index contributed by atoms with van der Waals surface area (Å²) in [5.41, 5.74) is 2.95. The van der Waals surface area contributed by atoms with Crippen LogP contribution in [-0.2, 0) is 24.9 Å². The SMILES string of the molecule is CC(C)(C)c1nc2c(n1CCC1CC1)CCNC2. The quantitative estimate of drug-likeness (QED) is 0.890. The Hall–Kier alpha value is -0.830. The number of nitrogens with one attached hydrogen (secondary N) is 1. The van der Waals surface area contributed by atoms with Gasteiger partial charge in [0.05, 0.1) is 5.69 Å². The fourth-order valence-electron chi connectivity index (χ4n) is 2.90. The molecule has 1 saturated carbocycles. The summed E-state index contributed by atoms with van der Waals surface area (Å²) in [5, 5.41) is 3.43. The van der Waals surface area contributed by atoms with E-state index in [2.05, 4.69) is 30.7 Å². The van der Waals surface area contributed by atoms with Gasteiger partial charge in [-0.1, -0.05) is 33.6 Å². The number of nitrogens with zero attached hydrogens (tertiary/aromatic N) is 2. The fraction of sp³-hybridized carbons (Fsp3) is 0.800. The Morgan fingerprint density at radius 1 is 1.33 bits per heavy atom. The van der Waals surface area contributed by atoms with Crippen molar-refractivity contribution in [3.05, 3.63) is 17.2 Å². The molecule has 2 aliphatic rings. The highest BCUT2D eigenvalue weighted by Gasteiger charge is 2.28. The molecule has 1 aliphatic heterocycles. The van der Waals surface area contributed by atoms with Gasteiger partial charge < -0.3 is 9.88 Å². The smallest absolute Gasteiger partial charge is 0.114 e. The van der Waals surface area contributed by atoms with Gasteiger partial charge in [-0.25, -0.2) is 4.98 Å². The zero-order valence-corrected chi connectivity index (χ0v) is 11.9. The van der Waals surface area contributed by atoms with Crippen molar-refractivity contribution in [3.63, 3.8) is 0 Å². The second-order valence-corrected chi connectivity index (χ2v) is 6.89. The number of hydrogen-bond acceptors (Lipinski definition) is 2. The Labute approximate surface area is 110 Å². The summed E-state index contributed by atoms with van der Waals surface area (Å²) in [6.07, 6.45) is 5.38. The highest BCUT2D eigenvalue weighted by atomic mass is 15.1. The van der Waals surface area contributed by atoms with Crippen LogP contribution in [0.25, 0.3) is 0 Å². The van der Waals surface area contributed by atoms with E-state index in [4.69, 9.17) is 4.98 Å². The molecule has 0 saturated heterocycles. The van der Waals surface area contributed by atoms with Crippen LogP contribution in [0.15, 0.2) is 0 Å². The second kappa shape index (κ2) is 4.37. The van der Waals surface area contributed by atoms with Crippen LogP contribution >= 0.6 is 0 Å². The third-order valence-electron chi connectivity index (χ3n) is 4.12. The van der Waals surface area contributed by atoms with Gasteiger partial charge in [-0.3, -0.25) is 0 Å². The molecule has 0 atom stereocenters. The molecule has 100 valence electrons. The van der Waals surface area contributed by atoms with Crippen LogP contribution in [-0.4, -0.2) is 16.1 Å². The third kappa shape index (κ3) is 2.33. The van der Waals surface area contributed by atoms with E-state index in [1.807, 2.05) is 0 Å². The van der Waals surface area contributed by atoms with Gasteiger partial charge in [-0.15, -0.1) is 0 Å². The van der Waals surface area contributed by atoms with Crippen molar-refractivity contribution in [3.8, 4) is 0 Å². The van der Waals surface area contributed by atoms with Crippen LogP contribution in [0.3, 0.4) is 0 Å². The average Bonchev–Trinajstić information content (AvgIpc) is 3.05. The molecule has 0 spiro atoms. The van der Waals surface area contributed by atoms with Gasteiger partial charge in [0.1, 0.15) is 5.82 Å². The van der Waals surface area contributed by atoms with Crippen molar-refractivity contribution in [2.45, 2.75) is 65.0 Å². The maximum atomic E-state index is 4.92. The molecule has 3 nitrogen and oxygen atoms in total. The van der Waals surface area contributed by atoms with Gasteiger partial charge in [-0.05, 0) is 12.3 Å². The lowest BCUT2D eigenvalue weighted by atomic mass is 9.95. The topological polar surface area (TPSA) is 29.9 Å². The fourth-order valence-corrected chi connectivity index (χ4v) is 2.90. The standard InChI is InChI=1S/C15H25N3/c1-15(2,3)14-17-12-10-16-8-6-13(12)18(14)9-7-11-4-5-11/h11,16H,4-10H2,1-3H3. The molecule has 1 aliphatic carbocycles. The monoisotopic (exact) mass is 247 g/mol. The molecule has 1 aromatic rings. The molecule has 18 heavy (non-hydrogen) atoms. The van der Waals surface area contributed by atoms with Crippen molar-refractivity contribution < 1.29 is 0 Å². The minimum atomic E-state index is 0.154. The maximum Gasteiger partial charge on any atom is 0.114 e. The Morgan fingerprint density at radius 2 is 2.11 bits per heavy atom. The van der Waals surface area contributed by atoms with Gasteiger partial charge in [0.15, 0.2) is 0 Å². The summed E-state index contributed by atoms with van der Waals surface area (Å²) >= 11 is 0. The molecule has 2 heterocycles. The number of aromatic nitrogens is 2.